The van der Waals surface area contributed by atoms with Crippen molar-refractivity contribution in [2.24, 2.45) is 0 Å². The molecule has 1 aromatic heterocycles. The molecule has 0 aromatic carbocycles. The normalized spacial score (nSPS) is 18.6. The van der Waals surface area contributed by atoms with Crippen LogP contribution in [0.3, 0.4) is 0 Å². The van der Waals surface area contributed by atoms with Gasteiger partial charge in [0.2, 0.25) is 5.88 Å². The van der Waals surface area contributed by atoms with E-state index in [1.807, 2.05) is 0 Å². The average molecular weight is 349 g/mol. The van der Waals surface area contributed by atoms with Crippen molar-refractivity contribution < 1.29 is 32.0 Å². The number of likely N-dealkylation sites (tertiary alicyclic amines) is 1. The Balaban J connectivity index is 2.24. The van der Waals surface area contributed by atoms with E-state index >= 15 is 0 Å². The molecule has 1 fully saturated rings. The topological polar surface area (TPSA) is 75.9 Å². The lowest BCUT2D eigenvalue weighted by Crippen LogP contribution is -2.53. The van der Waals surface area contributed by atoms with E-state index in [0.717, 1.165) is 17.2 Å². The number of alkyl halides is 3. The highest BCUT2D eigenvalue weighted by atomic mass is 19.4. The van der Waals surface area contributed by atoms with Crippen molar-refractivity contribution in [1.82, 2.24) is 10.1 Å². The predicted octanol–water partition coefficient (Wildman–Crippen LogP) is 2.93. The number of anilines is 1. The third-order valence-electron chi connectivity index (χ3n) is 3.28. The van der Waals surface area contributed by atoms with Crippen molar-refractivity contribution in [2.45, 2.75) is 51.6 Å². The van der Waals surface area contributed by atoms with E-state index in [1.165, 1.54) is 0 Å². The fourth-order valence-electron chi connectivity index (χ4n) is 2.39. The van der Waals surface area contributed by atoms with Crippen LogP contribution in [0.4, 0.5) is 23.8 Å². The zero-order chi connectivity index (χ0) is 18.1. The Morgan fingerprint density at radius 2 is 2.04 bits per heavy atom. The first-order chi connectivity index (χ1) is 11.0. The molecular weight excluding hydrogens is 331 g/mol. The monoisotopic (exact) mass is 349 g/mol. The van der Waals surface area contributed by atoms with Gasteiger partial charge in [-0.3, -0.25) is 9.69 Å². The molecule has 1 aliphatic heterocycles. The van der Waals surface area contributed by atoms with Crippen molar-refractivity contribution in [2.75, 3.05) is 11.4 Å². The number of nitrogens with zero attached hydrogens (tertiary/aromatic N) is 3. The van der Waals surface area contributed by atoms with E-state index in [0.29, 0.717) is 6.42 Å². The van der Waals surface area contributed by atoms with Crippen LogP contribution in [0.2, 0.25) is 0 Å². The number of ether oxygens (including phenoxy) is 1. The lowest BCUT2D eigenvalue weighted by Gasteiger charge is -2.31. The first kappa shape index (κ1) is 18.1. The molecule has 10 heteroatoms. The number of amides is 2. The largest absolute Gasteiger partial charge is 0.494 e. The smallest absolute Gasteiger partial charge is 0.444 e. The maximum atomic E-state index is 13.3. The molecule has 1 atom stereocenters. The van der Waals surface area contributed by atoms with E-state index in [-0.39, 0.29) is 13.0 Å². The second-order valence-corrected chi connectivity index (χ2v) is 6.32. The van der Waals surface area contributed by atoms with Crippen LogP contribution in [0.5, 0.6) is 0 Å². The predicted molar refractivity (Wildman–Crippen MR) is 76.0 cm³/mol. The van der Waals surface area contributed by atoms with Crippen molar-refractivity contribution in [3.05, 3.63) is 12.3 Å². The van der Waals surface area contributed by atoms with Gasteiger partial charge in [0, 0.05) is 12.6 Å². The van der Waals surface area contributed by atoms with Gasteiger partial charge in [0.25, 0.3) is 5.91 Å². The number of halogens is 3. The van der Waals surface area contributed by atoms with Crippen LogP contribution in [-0.2, 0) is 9.53 Å². The number of hydrogen-bond donors (Lipinski definition) is 0. The summed E-state index contributed by atoms with van der Waals surface area (Å²) in [4.78, 5) is 25.2. The Kier molecular flexibility index (Phi) is 4.77. The fourth-order valence-corrected chi connectivity index (χ4v) is 2.39. The number of carbonyl (C=O) groups is 2. The molecule has 1 unspecified atom stereocenters. The summed E-state index contributed by atoms with van der Waals surface area (Å²) >= 11 is 0. The van der Waals surface area contributed by atoms with Crippen molar-refractivity contribution in [1.29, 1.82) is 0 Å². The van der Waals surface area contributed by atoms with Crippen molar-refractivity contribution in [3.63, 3.8) is 0 Å². The molecule has 2 amide bonds. The van der Waals surface area contributed by atoms with Crippen LogP contribution in [0.25, 0.3) is 0 Å². The van der Waals surface area contributed by atoms with E-state index in [4.69, 9.17) is 4.74 Å². The molecule has 0 N–H and O–H groups in total. The summed E-state index contributed by atoms with van der Waals surface area (Å²) < 4.78 is 49.4. The van der Waals surface area contributed by atoms with Gasteiger partial charge in [0.1, 0.15) is 11.6 Å². The van der Waals surface area contributed by atoms with E-state index in [9.17, 15) is 22.8 Å². The minimum Gasteiger partial charge on any atom is -0.444 e. The summed E-state index contributed by atoms with van der Waals surface area (Å²) in [6.07, 6.45) is -4.31. The van der Waals surface area contributed by atoms with Crippen LogP contribution in [0, 0.1) is 0 Å². The second kappa shape index (κ2) is 6.33. The third kappa shape index (κ3) is 3.98. The average Bonchev–Trinajstić information content (AvgIpc) is 3.05. The fraction of sp³-hybridized carbons (Fsp3) is 0.643. The lowest BCUT2D eigenvalue weighted by atomic mass is 10.2. The first-order valence-electron chi connectivity index (χ1n) is 7.32. The summed E-state index contributed by atoms with van der Waals surface area (Å²) in [7, 11) is 0. The molecule has 0 spiro atoms. The van der Waals surface area contributed by atoms with Gasteiger partial charge >= 0.3 is 12.4 Å². The quantitative estimate of drug-likeness (QED) is 0.768. The highest BCUT2D eigenvalue weighted by Crippen LogP contribution is 2.32. The number of rotatable bonds is 2. The van der Waals surface area contributed by atoms with Gasteiger partial charge in [-0.05, 0) is 33.6 Å². The van der Waals surface area contributed by atoms with Gasteiger partial charge in [-0.2, -0.15) is 4.90 Å². The molecular formula is C14H18F3N3O4. The third-order valence-corrected chi connectivity index (χ3v) is 3.28. The van der Waals surface area contributed by atoms with E-state index < -0.39 is 40.7 Å². The Labute approximate surface area is 136 Å². The van der Waals surface area contributed by atoms with Crippen molar-refractivity contribution >= 4 is 17.9 Å². The number of aromatic nitrogens is 1. The molecule has 134 valence electrons. The van der Waals surface area contributed by atoms with E-state index in [2.05, 4.69) is 9.68 Å². The Hall–Kier alpha value is -2.26. The van der Waals surface area contributed by atoms with Crippen LogP contribution in [0.15, 0.2) is 16.8 Å². The molecule has 1 aromatic rings. The summed E-state index contributed by atoms with van der Waals surface area (Å²) in [6.45, 7) is 5.05. The molecule has 1 aliphatic rings. The first-order valence-corrected chi connectivity index (χ1v) is 7.32. The molecule has 24 heavy (non-hydrogen) atoms. The van der Waals surface area contributed by atoms with Gasteiger partial charge in [-0.25, -0.2) is 4.79 Å². The van der Waals surface area contributed by atoms with Crippen LogP contribution in [0.1, 0.15) is 33.6 Å². The van der Waals surface area contributed by atoms with Gasteiger partial charge in [0.05, 0.1) is 6.20 Å². The highest BCUT2D eigenvalue weighted by molar-refractivity contribution is 5.98. The zero-order valence-electron chi connectivity index (χ0n) is 13.5. The van der Waals surface area contributed by atoms with Gasteiger partial charge < -0.3 is 9.26 Å². The van der Waals surface area contributed by atoms with Crippen molar-refractivity contribution in [3.8, 4) is 0 Å². The minimum atomic E-state index is -5.00. The van der Waals surface area contributed by atoms with E-state index in [1.54, 1.807) is 20.8 Å². The molecule has 7 nitrogen and oxygen atoms in total. The minimum absolute atomic E-state index is 0.110. The summed E-state index contributed by atoms with van der Waals surface area (Å²) in [6, 6.07) is -0.343. The van der Waals surface area contributed by atoms with Crippen LogP contribution >= 0.6 is 0 Å². The standard InChI is InChI=1S/C14H18F3N3O4/c1-13(2,3)23-12(22)19-8-4-5-9(19)11(21)20(14(15,16)17)10-6-7-18-24-10/h6-7,9H,4-5,8H2,1-3H3. The van der Waals surface area contributed by atoms with Gasteiger partial charge in [-0.1, -0.05) is 5.16 Å². The molecule has 2 heterocycles. The maximum Gasteiger partial charge on any atom is 0.494 e. The van der Waals surface area contributed by atoms with Gasteiger partial charge in [0.15, 0.2) is 0 Å². The lowest BCUT2D eigenvalue weighted by molar-refractivity contribution is -0.154. The highest BCUT2D eigenvalue weighted by Gasteiger charge is 2.49. The molecule has 2 rings (SSSR count). The molecule has 1 saturated heterocycles. The van der Waals surface area contributed by atoms with Crippen LogP contribution in [-0.4, -0.2) is 46.5 Å². The summed E-state index contributed by atoms with van der Waals surface area (Å²) in [5.41, 5.74) is -0.818. The zero-order valence-corrected chi connectivity index (χ0v) is 13.5. The van der Waals surface area contributed by atoms with Crippen LogP contribution < -0.4 is 4.90 Å². The Bertz CT molecular complexity index is 595. The Morgan fingerprint density at radius 1 is 1.38 bits per heavy atom. The molecule has 0 aliphatic carbocycles. The SMILES string of the molecule is CC(C)(C)OC(=O)N1CCCC1C(=O)N(c1ccno1)C(F)(F)F. The van der Waals surface area contributed by atoms with Gasteiger partial charge in [-0.15, -0.1) is 13.2 Å². The maximum absolute atomic E-state index is 13.3. The second-order valence-electron chi connectivity index (χ2n) is 6.32. The Morgan fingerprint density at radius 3 is 2.54 bits per heavy atom. The number of carbonyl (C=O) groups excluding carboxylic acids is 2. The number of hydrogen-bond acceptors (Lipinski definition) is 5. The molecule has 0 saturated carbocycles. The summed E-state index contributed by atoms with van der Waals surface area (Å²) in [5, 5.41) is 3.19. The molecule has 0 radical (unpaired) electrons. The summed E-state index contributed by atoms with van der Waals surface area (Å²) in [5.74, 6) is -2.05. The molecule has 0 bridgehead atoms.